The van der Waals surface area contributed by atoms with E-state index >= 15 is 0 Å². The molecule has 1 fully saturated rings. The highest BCUT2D eigenvalue weighted by Gasteiger charge is 2.31. The quantitative estimate of drug-likeness (QED) is 0.845. The maximum atomic E-state index is 13.7. The van der Waals surface area contributed by atoms with Gasteiger partial charge >= 0.3 is 6.18 Å². The van der Waals surface area contributed by atoms with E-state index in [2.05, 4.69) is 24.1 Å². The second-order valence-corrected chi connectivity index (χ2v) is 6.43. The van der Waals surface area contributed by atoms with Crippen LogP contribution in [0.1, 0.15) is 37.8 Å². The van der Waals surface area contributed by atoms with Gasteiger partial charge in [0.2, 0.25) is 5.91 Å². The van der Waals surface area contributed by atoms with Crippen LogP contribution in [0, 0.1) is 11.7 Å². The number of rotatable bonds is 4. The number of benzene rings is 1. The highest BCUT2D eigenvalue weighted by molar-refractivity contribution is 5.78. The lowest BCUT2D eigenvalue weighted by Crippen LogP contribution is -2.43. The number of carbonyl (C=O) groups excluding carboxylic acids is 1. The third-order valence-corrected chi connectivity index (χ3v) is 4.46. The largest absolute Gasteiger partial charge is 0.416 e. The number of amides is 1. The van der Waals surface area contributed by atoms with Gasteiger partial charge in [-0.25, -0.2) is 4.39 Å². The minimum absolute atomic E-state index is 0.155. The number of piperidine rings is 1. The van der Waals surface area contributed by atoms with Gasteiger partial charge in [-0.15, -0.1) is 0 Å². The Morgan fingerprint density at radius 1 is 1.29 bits per heavy atom. The zero-order valence-corrected chi connectivity index (χ0v) is 13.8. The SMILES string of the molecule is CC(C)N1CCC(C(=O)NCc2cc(C(F)(F)F)ccc2F)CC1. The Labute approximate surface area is 139 Å². The molecule has 24 heavy (non-hydrogen) atoms. The van der Waals surface area contributed by atoms with Gasteiger partial charge in [0.1, 0.15) is 5.82 Å². The Morgan fingerprint density at radius 3 is 2.46 bits per heavy atom. The maximum absolute atomic E-state index is 13.7. The highest BCUT2D eigenvalue weighted by atomic mass is 19.4. The van der Waals surface area contributed by atoms with Crippen LogP contribution in [0.4, 0.5) is 17.6 Å². The summed E-state index contributed by atoms with van der Waals surface area (Å²) >= 11 is 0. The molecule has 0 saturated carbocycles. The van der Waals surface area contributed by atoms with Crippen LogP contribution in [0.25, 0.3) is 0 Å². The molecule has 0 bridgehead atoms. The topological polar surface area (TPSA) is 32.3 Å². The van der Waals surface area contributed by atoms with Crippen LogP contribution in [-0.4, -0.2) is 29.9 Å². The number of halogens is 4. The number of nitrogens with zero attached hydrogens (tertiary/aromatic N) is 1. The average Bonchev–Trinajstić information content (AvgIpc) is 2.52. The molecule has 0 aromatic heterocycles. The number of hydrogen-bond acceptors (Lipinski definition) is 2. The second-order valence-electron chi connectivity index (χ2n) is 6.43. The summed E-state index contributed by atoms with van der Waals surface area (Å²) in [5.74, 6) is -1.15. The van der Waals surface area contributed by atoms with E-state index in [1.54, 1.807) is 0 Å². The molecule has 1 saturated heterocycles. The molecule has 1 N–H and O–H groups in total. The van der Waals surface area contributed by atoms with E-state index in [-0.39, 0.29) is 23.9 Å². The molecule has 0 radical (unpaired) electrons. The minimum atomic E-state index is -4.53. The molecule has 2 rings (SSSR count). The Hall–Kier alpha value is -1.63. The van der Waals surface area contributed by atoms with Gasteiger partial charge in [0.25, 0.3) is 0 Å². The number of carbonyl (C=O) groups is 1. The summed E-state index contributed by atoms with van der Waals surface area (Å²) < 4.78 is 51.7. The van der Waals surface area contributed by atoms with Gasteiger partial charge in [-0.2, -0.15) is 13.2 Å². The van der Waals surface area contributed by atoms with Crippen molar-refractivity contribution in [2.45, 2.75) is 45.5 Å². The Morgan fingerprint density at radius 2 is 1.92 bits per heavy atom. The normalized spacial score (nSPS) is 17.3. The summed E-state index contributed by atoms with van der Waals surface area (Å²) in [5.41, 5.74) is -1.07. The fraction of sp³-hybridized carbons (Fsp3) is 0.588. The van der Waals surface area contributed by atoms with Gasteiger partial charge in [0, 0.05) is 24.1 Å². The van der Waals surface area contributed by atoms with Crippen molar-refractivity contribution in [2.24, 2.45) is 5.92 Å². The first-order chi connectivity index (χ1) is 11.2. The van der Waals surface area contributed by atoms with Crippen molar-refractivity contribution in [3.05, 3.63) is 35.1 Å². The lowest BCUT2D eigenvalue weighted by molar-refractivity contribution is -0.137. The lowest BCUT2D eigenvalue weighted by Gasteiger charge is -2.33. The van der Waals surface area contributed by atoms with Crippen LogP contribution in [0.15, 0.2) is 18.2 Å². The monoisotopic (exact) mass is 346 g/mol. The predicted octanol–water partition coefficient (Wildman–Crippen LogP) is 3.58. The molecule has 7 heteroatoms. The molecule has 1 amide bonds. The predicted molar refractivity (Wildman–Crippen MR) is 82.7 cm³/mol. The molecule has 1 heterocycles. The van der Waals surface area contributed by atoms with Crippen LogP contribution in [0.3, 0.4) is 0 Å². The van der Waals surface area contributed by atoms with E-state index < -0.39 is 17.6 Å². The zero-order chi connectivity index (χ0) is 17.9. The second kappa shape index (κ2) is 7.51. The summed E-state index contributed by atoms with van der Waals surface area (Å²) in [4.78, 5) is 14.4. The van der Waals surface area contributed by atoms with Crippen LogP contribution in [-0.2, 0) is 17.5 Å². The van der Waals surface area contributed by atoms with Crippen molar-refractivity contribution in [3.63, 3.8) is 0 Å². The molecular formula is C17H22F4N2O. The van der Waals surface area contributed by atoms with E-state index in [4.69, 9.17) is 0 Å². The molecule has 1 aromatic carbocycles. The van der Waals surface area contributed by atoms with Gasteiger partial charge < -0.3 is 10.2 Å². The molecule has 1 aliphatic rings. The van der Waals surface area contributed by atoms with E-state index in [9.17, 15) is 22.4 Å². The number of alkyl halides is 3. The van der Waals surface area contributed by atoms with E-state index in [1.165, 1.54) is 0 Å². The first-order valence-electron chi connectivity index (χ1n) is 8.06. The first kappa shape index (κ1) is 18.7. The highest BCUT2D eigenvalue weighted by Crippen LogP contribution is 2.30. The van der Waals surface area contributed by atoms with Gasteiger partial charge in [-0.3, -0.25) is 4.79 Å². The number of likely N-dealkylation sites (tertiary alicyclic amines) is 1. The van der Waals surface area contributed by atoms with Crippen molar-refractivity contribution in [3.8, 4) is 0 Å². The average molecular weight is 346 g/mol. The summed E-state index contributed by atoms with van der Waals surface area (Å²) in [6, 6.07) is 2.65. The van der Waals surface area contributed by atoms with Gasteiger partial charge in [-0.05, 0) is 58.0 Å². The summed E-state index contributed by atoms with van der Waals surface area (Å²) in [5, 5.41) is 2.57. The Balaban J connectivity index is 1.93. The minimum Gasteiger partial charge on any atom is -0.352 e. The molecule has 0 atom stereocenters. The lowest BCUT2D eigenvalue weighted by atomic mass is 9.95. The Kier molecular flexibility index (Phi) is 5.85. The standard InChI is InChI=1S/C17H22F4N2O/c1-11(2)23-7-5-12(6-8-23)16(24)22-10-13-9-14(17(19,20)21)3-4-15(13)18/h3-4,9,11-12H,5-8,10H2,1-2H3,(H,22,24). The fourth-order valence-electron chi connectivity index (χ4n) is 2.89. The summed E-state index contributed by atoms with van der Waals surface area (Å²) in [6.45, 7) is 5.58. The third kappa shape index (κ3) is 4.69. The number of nitrogens with one attached hydrogen (secondary N) is 1. The molecule has 0 spiro atoms. The zero-order valence-electron chi connectivity index (χ0n) is 13.8. The van der Waals surface area contributed by atoms with Crippen molar-refractivity contribution in [1.82, 2.24) is 10.2 Å². The molecular weight excluding hydrogens is 324 g/mol. The van der Waals surface area contributed by atoms with Gasteiger partial charge in [0.05, 0.1) is 5.56 Å². The van der Waals surface area contributed by atoms with Gasteiger partial charge in [0.15, 0.2) is 0 Å². The number of hydrogen-bond donors (Lipinski definition) is 1. The Bertz CT molecular complexity index is 578. The van der Waals surface area contributed by atoms with Crippen LogP contribution < -0.4 is 5.32 Å². The molecule has 0 aliphatic carbocycles. The van der Waals surface area contributed by atoms with Crippen molar-refractivity contribution in [1.29, 1.82) is 0 Å². The third-order valence-electron chi connectivity index (χ3n) is 4.46. The molecule has 0 unspecified atom stereocenters. The van der Waals surface area contributed by atoms with Crippen LogP contribution in [0.5, 0.6) is 0 Å². The van der Waals surface area contributed by atoms with Gasteiger partial charge in [-0.1, -0.05) is 0 Å². The summed E-state index contributed by atoms with van der Waals surface area (Å²) in [6.07, 6.45) is -3.12. The maximum Gasteiger partial charge on any atom is 0.416 e. The van der Waals surface area contributed by atoms with Crippen LogP contribution >= 0.6 is 0 Å². The van der Waals surface area contributed by atoms with E-state index in [1.807, 2.05) is 0 Å². The smallest absolute Gasteiger partial charge is 0.352 e. The van der Waals surface area contributed by atoms with Crippen molar-refractivity contribution >= 4 is 5.91 Å². The molecule has 1 aromatic rings. The van der Waals surface area contributed by atoms with E-state index in [0.717, 1.165) is 25.2 Å². The molecule has 3 nitrogen and oxygen atoms in total. The molecule has 1 aliphatic heterocycles. The van der Waals surface area contributed by atoms with Crippen LogP contribution in [0.2, 0.25) is 0 Å². The first-order valence-corrected chi connectivity index (χ1v) is 8.06. The molecule has 134 valence electrons. The van der Waals surface area contributed by atoms with Crippen molar-refractivity contribution < 1.29 is 22.4 Å². The summed E-state index contributed by atoms with van der Waals surface area (Å²) in [7, 11) is 0. The van der Waals surface area contributed by atoms with Crippen molar-refractivity contribution in [2.75, 3.05) is 13.1 Å². The fourth-order valence-corrected chi connectivity index (χ4v) is 2.89. The van der Waals surface area contributed by atoms with E-state index in [0.29, 0.717) is 24.9 Å².